The Labute approximate surface area is 188 Å². The van der Waals surface area contributed by atoms with E-state index in [-0.39, 0.29) is 48.8 Å². The van der Waals surface area contributed by atoms with Crippen molar-refractivity contribution < 1.29 is 29.3 Å². The van der Waals surface area contributed by atoms with E-state index in [1.807, 2.05) is 0 Å². The number of hydrogen-bond acceptors (Lipinski definition) is 4. The second kappa shape index (κ2) is 8.31. The van der Waals surface area contributed by atoms with Crippen LogP contribution >= 0.6 is 11.6 Å². The largest absolute Gasteiger partial charge is 0.349 e. The zero-order valence-electron chi connectivity index (χ0n) is 17.6. The van der Waals surface area contributed by atoms with Crippen LogP contribution in [0.1, 0.15) is 41.3 Å². The maximum Gasteiger partial charge on any atom is 0.349 e. The lowest BCUT2D eigenvalue weighted by molar-refractivity contribution is -0.147. The van der Waals surface area contributed by atoms with Crippen molar-refractivity contribution in [1.82, 2.24) is 15.5 Å². The number of alkyl halides is 2. The second-order valence-electron chi connectivity index (χ2n) is 7.57. The Morgan fingerprint density at radius 3 is 2.75 bits per heavy atom. The number of carbonyl (C=O) groups is 4. The standard InChI is InChI=1S/C22H18ClF2N3O4/c23-15-4-2-14(3-5-15)22(24,25)21(32)26-10-12-1-6-16-13(9-12)11-28(20(16)31)17-7-8-18(29)27-19(17)30/h1-6,9,17H,7-8,10-11H2,(H,26,32)(H,27,29,30)/i4D. The Morgan fingerprint density at radius 2 is 2.03 bits per heavy atom. The zero-order valence-corrected chi connectivity index (χ0v) is 17.3. The molecular weight excluding hydrogens is 444 g/mol. The molecule has 2 N–H and O–H groups in total. The summed E-state index contributed by atoms with van der Waals surface area (Å²) in [7, 11) is 0. The highest BCUT2D eigenvalue weighted by Gasteiger charge is 2.41. The molecular formula is C22H18ClF2N3O4. The van der Waals surface area contributed by atoms with Gasteiger partial charge in [-0.1, -0.05) is 35.9 Å². The lowest BCUT2D eigenvalue weighted by Crippen LogP contribution is -2.52. The molecule has 2 aliphatic rings. The van der Waals surface area contributed by atoms with Gasteiger partial charge in [-0.2, -0.15) is 8.78 Å². The minimum atomic E-state index is -3.87. The molecule has 4 rings (SSSR count). The molecule has 32 heavy (non-hydrogen) atoms. The quantitative estimate of drug-likeness (QED) is 0.667. The fraction of sp³-hybridized carbons (Fsp3) is 0.273. The lowest BCUT2D eigenvalue weighted by Gasteiger charge is -2.29. The summed E-state index contributed by atoms with van der Waals surface area (Å²) in [6.45, 7) is -0.0783. The summed E-state index contributed by atoms with van der Waals surface area (Å²) in [6.07, 6.45) is 0.366. The fourth-order valence-corrected chi connectivity index (χ4v) is 3.88. The first-order chi connectivity index (χ1) is 15.6. The number of imide groups is 1. The highest BCUT2D eigenvalue weighted by atomic mass is 35.5. The van der Waals surface area contributed by atoms with Crippen molar-refractivity contribution >= 4 is 35.2 Å². The SMILES string of the molecule is [2H]c1cc(C(F)(F)C(=O)NCc2ccc3c(c2)CN(C2CCC(=O)NC2=O)C3=O)ccc1Cl. The topological polar surface area (TPSA) is 95.6 Å². The van der Waals surface area contributed by atoms with E-state index in [0.717, 1.165) is 18.2 Å². The number of halogens is 3. The molecule has 1 unspecified atom stereocenters. The Hall–Kier alpha value is -3.33. The van der Waals surface area contributed by atoms with Crippen molar-refractivity contribution in [2.24, 2.45) is 0 Å². The van der Waals surface area contributed by atoms with E-state index in [9.17, 15) is 28.0 Å². The molecule has 166 valence electrons. The first-order valence-corrected chi connectivity index (χ1v) is 10.1. The van der Waals surface area contributed by atoms with Gasteiger partial charge in [0.05, 0.1) is 1.37 Å². The summed E-state index contributed by atoms with van der Waals surface area (Å²) in [5.41, 5.74) is 0.825. The minimum Gasteiger partial charge on any atom is -0.346 e. The number of carbonyl (C=O) groups excluding carboxylic acids is 4. The number of nitrogens with zero attached hydrogens (tertiary/aromatic N) is 1. The van der Waals surface area contributed by atoms with Crippen molar-refractivity contribution in [3.8, 4) is 0 Å². The molecule has 0 bridgehead atoms. The maximum absolute atomic E-state index is 14.5. The second-order valence-corrected chi connectivity index (χ2v) is 7.98. The van der Waals surface area contributed by atoms with Crippen LogP contribution in [0.25, 0.3) is 0 Å². The number of rotatable bonds is 5. The molecule has 0 aliphatic carbocycles. The highest BCUT2D eigenvalue weighted by molar-refractivity contribution is 6.30. The van der Waals surface area contributed by atoms with Crippen LogP contribution in [0.5, 0.6) is 0 Å². The van der Waals surface area contributed by atoms with Gasteiger partial charge in [-0.25, -0.2) is 0 Å². The van der Waals surface area contributed by atoms with E-state index in [1.54, 1.807) is 6.07 Å². The molecule has 2 aliphatic heterocycles. The number of benzene rings is 2. The van der Waals surface area contributed by atoms with E-state index >= 15 is 0 Å². The van der Waals surface area contributed by atoms with Crippen LogP contribution in [-0.4, -0.2) is 34.6 Å². The number of amides is 4. The van der Waals surface area contributed by atoms with Crippen LogP contribution in [0.3, 0.4) is 0 Å². The zero-order chi connectivity index (χ0) is 23.9. The average molecular weight is 463 g/mol. The molecule has 2 aromatic carbocycles. The van der Waals surface area contributed by atoms with E-state index in [4.69, 9.17) is 13.0 Å². The highest BCUT2D eigenvalue weighted by Crippen LogP contribution is 2.30. The molecule has 10 heteroatoms. The number of nitrogens with one attached hydrogen (secondary N) is 2. The molecule has 0 saturated carbocycles. The molecule has 7 nitrogen and oxygen atoms in total. The smallest absolute Gasteiger partial charge is 0.346 e. The number of fused-ring (bicyclic) bond motifs is 1. The van der Waals surface area contributed by atoms with Crippen molar-refractivity contribution in [2.75, 3.05) is 0 Å². The van der Waals surface area contributed by atoms with Gasteiger partial charge in [-0.3, -0.25) is 24.5 Å². The first kappa shape index (κ1) is 20.6. The Balaban J connectivity index is 1.44. The van der Waals surface area contributed by atoms with Crippen molar-refractivity contribution in [3.63, 3.8) is 0 Å². The van der Waals surface area contributed by atoms with Crippen LogP contribution in [0, 0.1) is 0 Å². The van der Waals surface area contributed by atoms with Crippen LogP contribution in [0.4, 0.5) is 8.78 Å². The monoisotopic (exact) mass is 462 g/mol. The molecule has 2 aromatic rings. The minimum absolute atomic E-state index is 0.00556. The summed E-state index contributed by atoms with van der Waals surface area (Å²) in [5, 5.41) is 4.39. The molecule has 0 aromatic heterocycles. The van der Waals surface area contributed by atoms with Crippen molar-refractivity contribution in [1.29, 1.82) is 0 Å². The maximum atomic E-state index is 14.5. The third-order valence-corrected chi connectivity index (χ3v) is 5.70. The van der Waals surface area contributed by atoms with E-state index < -0.39 is 29.3 Å². The van der Waals surface area contributed by atoms with Crippen LogP contribution in [0.15, 0.2) is 42.4 Å². The summed E-state index contributed by atoms with van der Waals surface area (Å²) in [4.78, 5) is 49.7. The van der Waals surface area contributed by atoms with Gasteiger partial charge in [0.15, 0.2) is 0 Å². The number of piperidine rings is 1. The summed E-state index contributed by atoms with van der Waals surface area (Å²) >= 11 is 5.68. The van der Waals surface area contributed by atoms with Crippen LogP contribution < -0.4 is 10.6 Å². The normalized spacial score (nSPS) is 18.8. The summed E-state index contributed by atoms with van der Waals surface area (Å²) in [6, 6.07) is 6.56. The molecule has 1 saturated heterocycles. The predicted molar refractivity (Wildman–Crippen MR) is 110 cm³/mol. The number of hydrogen-bond donors (Lipinski definition) is 2. The third kappa shape index (κ3) is 4.08. The Morgan fingerprint density at radius 1 is 1.25 bits per heavy atom. The summed E-state index contributed by atoms with van der Waals surface area (Å²) in [5.74, 6) is -6.66. The molecule has 0 radical (unpaired) electrons. The van der Waals surface area contributed by atoms with Crippen LogP contribution in [0.2, 0.25) is 5.02 Å². The van der Waals surface area contributed by atoms with Gasteiger partial charge in [0, 0.05) is 35.7 Å². The van der Waals surface area contributed by atoms with Gasteiger partial charge in [-0.05, 0) is 35.7 Å². The average Bonchev–Trinajstić information content (AvgIpc) is 3.09. The van der Waals surface area contributed by atoms with E-state index in [0.29, 0.717) is 16.7 Å². The Bertz CT molecular complexity index is 1190. The van der Waals surface area contributed by atoms with Crippen LogP contribution in [-0.2, 0) is 33.4 Å². The van der Waals surface area contributed by atoms with Gasteiger partial charge in [0.25, 0.3) is 11.8 Å². The van der Waals surface area contributed by atoms with E-state index in [1.165, 1.54) is 17.0 Å². The van der Waals surface area contributed by atoms with Gasteiger partial charge >= 0.3 is 5.92 Å². The Kier molecular flexibility index (Phi) is 5.34. The molecule has 1 fully saturated rings. The molecule has 4 amide bonds. The third-order valence-electron chi connectivity index (χ3n) is 5.46. The predicted octanol–water partition coefficient (Wildman–Crippen LogP) is 2.51. The van der Waals surface area contributed by atoms with Gasteiger partial charge in [-0.15, -0.1) is 0 Å². The fourth-order valence-electron chi connectivity index (χ4n) is 3.76. The van der Waals surface area contributed by atoms with Crippen molar-refractivity contribution in [2.45, 2.75) is 37.9 Å². The van der Waals surface area contributed by atoms with E-state index in [2.05, 4.69) is 10.6 Å². The van der Waals surface area contributed by atoms with Gasteiger partial charge in [0.2, 0.25) is 11.8 Å². The molecule has 1 atom stereocenters. The molecule has 2 heterocycles. The summed E-state index contributed by atoms with van der Waals surface area (Å²) < 4.78 is 36.6. The van der Waals surface area contributed by atoms with Gasteiger partial charge in [0.1, 0.15) is 6.04 Å². The van der Waals surface area contributed by atoms with Crippen molar-refractivity contribution in [3.05, 3.63) is 69.7 Å². The first-order valence-electron chi connectivity index (χ1n) is 10.3. The molecule has 0 spiro atoms. The van der Waals surface area contributed by atoms with Gasteiger partial charge < -0.3 is 10.2 Å². The lowest BCUT2D eigenvalue weighted by atomic mass is 10.0.